The van der Waals surface area contributed by atoms with Crippen LogP contribution in [0, 0.1) is 24.1 Å². The number of anilines is 1. The number of piperidine rings is 1. The summed E-state index contributed by atoms with van der Waals surface area (Å²) in [6.45, 7) is 2.38. The SMILES string of the molecule is Cc1ccc(C(=O)N2CC3CC34CC(Nc3ncc(C(F)(F)F)cc3F)C24)c(-c2ncccn2)n1. The van der Waals surface area contributed by atoms with Crippen LogP contribution in [0.5, 0.6) is 0 Å². The largest absolute Gasteiger partial charge is 0.417 e. The maximum atomic E-state index is 14.4. The number of aryl methyl sites for hydroxylation is 1. The summed E-state index contributed by atoms with van der Waals surface area (Å²) in [6.07, 6.45) is 0.779. The van der Waals surface area contributed by atoms with E-state index in [9.17, 15) is 22.4 Å². The van der Waals surface area contributed by atoms with E-state index in [2.05, 4.69) is 25.3 Å². The first kappa shape index (κ1) is 21.9. The van der Waals surface area contributed by atoms with Crippen LogP contribution in [0.3, 0.4) is 0 Å². The molecular formula is C24H20F4N6O. The molecule has 2 aliphatic carbocycles. The molecule has 35 heavy (non-hydrogen) atoms. The number of nitrogens with zero attached hydrogens (tertiary/aromatic N) is 5. The molecule has 3 fully saturated rings. The number of rotatable bonds is 4. The Morgan fingerprint density at radius 3 is 2.66 bits per heavy atom. The zero-order chi connectivity index (χ0) is 24.5. The Hall–Kier alpha value is -3.63. The van der Waals surface area contributed by atoms with Crippen molar-refractivity contribution >= 4 is 11.7 Å². The minimum atomic E-state index is -4.68. The van der Waals surface area contributed by atoms with Gasteiger partial charge >= 0.3 is 6.18 Å². The minimum absolute atomic E-state index is 0.0305. The van der Waals surface area contributed by atoms with Gasteiger partial charge in [-0.15, -0.1) is 0 Å². The Morgan fingerprint density at radius 1 is 1.17 bits per heavy atom. The molecule has 4 unspecified atom stereocenters. The summed E-state index contributed by atoms with van der Waals surface area (Å²) >= 11 is 0. The Balaban J connectivity index is 1.28. The Morgan fingerprint density at radius 2 is 1.94 bits per heavy atom. The molecule has 1 saturated heterocycles. The van der Waals surface area contributed by atoms with E-state index in [0.29, 0.717) is 48.2 Å². The van der Waals surface area contributed by atoms with E-state index in [4.69, 9.17) is 0 Å². The number of amides is 1. The standard InChI is InChI=1S/C24H20F4N6O/c1-12-3-4-15(18(32-12)21-29-5-2-6-30-21)22(35)34-11-14-8-23(14)9-17(19(23)34)33-20-16(25)7-13(10-31-20)24(26,27)28/h2-7,10,14,17,19H,8-9,11H2,1H3,(H,31,33). The molecule has 0 radical (unpaired) electrons. The summed E-state index contributed by atoms with van der Waals surface area (Å²) in [5, 5.41) is 2.95. The van der Waals surface area contributed by atoms with E-state index < -0.39 is 17.6 Å². The van der Waals surface area contributed by atoms with Crippen LogP contribution in [-0.2, 0) is 6.18 Å². The molecule has 1 aliphatic heterocycles. The van der Waals surface area contributed by atoms with Crippen LogP contribution >= 0.6 is 0 Å². The molecule has 0 bridgehead atoms. The van der Waals surface area contributed by atoms with Crippen LogP contribution in [0.2, 0.25) is 0 Å². The molecule has 180 valence electrons. The average molecular weight is 484 g/mol. The lowest BCUT2D eigenvalue weighted by Gasteiger charge is -2.48. The van der Waals surface area contributed by atoms with Crippen LogP contribution in [0.4, 0.5) is 23.4 Å². The van der Waals surface area contributed by atoms with Gasteiger partial charge in [0, 0.05) is 36.9 Å². The smallest absolute Gasteiger partial charge is 0.363 e. The summed E-state index contributed by atoms with van der Waals surface area (Å²) in [4.78, 5) is 32.2. The zero-order valence-corrected chi connectivity index (χ0v) is 18.6. The number of alkyl halides is 3. The lowest BCUT2D eigenvalue weighted by atomic mass is 9.71. The number of carbonyl (C=O) groups excluding carboxylic acids is 1. The number of aromatic nitrogens is 4. The van der Waals surface area contributed by atoms with Crippen LogP contribution in [0.1, 0.15) is 34.5 Å². The quantitative estimate of drug-likeness (QED) is 0.561. The van der Waals surface area contributed by atoms with Crippen molar-refractivity contribution in [3.63, 3.8) is 0 Å². The monoisotopic (exact) mass is 484 g/mol. The molecule has 11 heteroatoms. The lowest BCUT2D eigenvalue weighted by molar-refractivity contribution is -0.138. The third-order valence-electron chi connectivity index (χ3n) is 7.40. The third kappa shape index (κ3) is 3.43. The minimum Gasteiger partial charge on any atom is -0.363 e. The number of likely N-dealkylation sites (tertiary alicyclic amines) is 1. The molecule has 3 aromatic rings. The van der Waals surface area contributed by atoms with E-state index in [-0.39, 0.29) is 29.2 Å². The van der Waals surface area contributed by atoms with Crippen molar-refractivity contribution < 1.29 is 22.4 Å². The van der Waals surface area contributed by atoms with Gasteiger partial charge in [-0.25, -0.2) is 24.3 Å². The Kier molecular flexibility index (Phi) is 4.64. The maximum absolute atomic E-state index is 14.4. The van der Waals surface area contributed by atoms with Crippen LogP contribution in [-0.4, -0.2) is 49.4 Å². The summed E-state index contributed by atoms with van der Waals surface area (Å²) in [6, 6.07) is 5.05. The highest BCUT2D eigenvalue weighted by molar-refractivity contribution is 6.00. The van der Waals surface area contributed by atoms with Crippen molar-refractivity contribution in [1.82, 2.24) is 24.8 Å². The van der Waals surface area contributed by atoms with Gasteiger partial charge in [-0.2, -0.15) is 13.2 Å². The van der Waals surface area contributed by atoms with Crippen LogP contribution < -0.4 is 5.32 Å². The topological polar surface area (TPSA) is 83.9 Å². The number of halogens is 4. The van der Waals surface area contributed by atoms with Gasteiger partial charge in [0.1, 0.15) is 5.69 Å². The van der Waals surface area contributed by atoms with E-state index in [1.165, 1.54) is 0 Å². The summed E-state index contributed by atoms with van der Waals surface area (Å²) < 4.78 is 53.0. The fraction of sp³-hybridized carbons (Fsp3) is 0.375. The number of hydrogen-bond acceptors (Lipinski definition) is 6. The molecule has 1 N–H and O–H groups in total. The first-order valence-corrected chi connectivity index (χ1v) is 11.2. The molecule has 4 heterocycles. The van der Waals surface area contributed by atoms with Gasteiger partial charge in [-0.3, -0.25) is 4.79 Å². The Labute approximate surface area is 197 Å². The summed E-state index contributed by atoms with van der Waals surface area (Å²) in [7, 11) is 0. The Bertz CT molecular complexity index is 1330. The lowest BCUT2D eigenvalue weighted by Crippen LogP contribution is -2.60. The predicted octanol–water partition coefficient (Wildman–Crippen LogP) is 4.12. The van der Waals surface area contributed by atoms with Crippen LogP contribution in [0.25, 0.3) is 11.5 Å². The molecule has 0 aromatic carbocycles. The normalized spacial score (nSPS) is 26.5. The number of carbonyl (C=O) groups is 1. The van der Waals surface area contributed by atoms with E-state index in [1.807, 2.05) is 6.92 Å². The number of pyridine rings is 2. The average Bonchev–Trinajstić information content (AvgIpc) is 3.48. The summed E-state index contributed by atoms with van der Waals surface area (Å²) in [5.41, 5.74) is 0.314. The van der Waals surface area contributed by atoms with Gasteiger partial charge in [0.05, 0.1) is 17.2 Å². The van der Waals surface area contributed by atoms with Gasteiger partial charge in [-0.1, -0.05) is 0 Å². The van der Waals surface area contributed by atoms with Gasteiger partial charge in [0.25, 0.3) is 5.91 Å². The van der Waals surface area contributed by atoms with E-state index in [1.54, 1.807) is 35.5 Å². The molecule has 6 rings (SSSR count). The molecular weight excluding hydrogens is 464 g/mol. The van der Waals surface area contributed by atoms with Crippen molar-refractivity contribution in [2.24, 2.45) is 11.3 Å². The van der Waals surface area contributed by atoms with Crippen molar-refractivity contribution in [3.8, 4) is 11.5 Å². The highest BCUT2D eigenvalue weighted by atomic mass is 19.4. The van der Waals surface area contributed by atoms with Gasteiger partial charge in [-0.05, 0) is 55.4 Å². The highest BCUT2D eigenvalue weighted by Gasteiger charge is 2.75. The second kappa shape index (κ2) is 7.43. The second-order valence-corrected chi connectivity index (χ2v) is 9.46. The zero-order valence-electron chi connectivity index (χ0n) is 18.6. The molecule has 3 aromatic heterocycles. The predicted molar refractivity (Wildman–Crippen MR) is 117 cm³/mol. The van der Waals surface area contributed by atoms with Crippen molar-refractivity contribution in [2.75, 3.05) is 11.9 Å². The molecule has 3 aliphatic rings. The van der Waals surface area contributed by atoms with Gasteiger partial charge in [0.15, 0.2) is 17.5 Å². The number of nitrogens with one attached hydrogen (secondary N) is 1. The highest BCUT2D eigenvalue weighted by Crippen LogP contribution is 2.71. The summed E-state index contributed by atoms with van der Waals surface area (Å²) in [5.74, 6) is -0.837. The third-order valence-corrected chi connectivity index (χ3v) is 7.40. The number of hydrogen-bond donors (Lipinski definition) is 1. The second-order valence-electron chi connectivity index (χ2n) is 9.46. The van der Waals surface area contributed by atoms with Gasteiger partial charge in [0.2, 0.25) is 0 Å². The molecule has 1 amide bonds. The van der Waals surface area contributed by atoms with Crippen LogP contribution in [0.15, 0.2) is 42.9 Å². The molecule has 2 saturated carbocycles. The van der Waals surface area contributed by atoms with Crippen molar-refractivity contribution in [2.45, 2.75) is 38.0 Å². The van der Waals surface area contributed by atoms with Crippen molar-refractivity contribution in [3.05, 3.63) is 65.5 Å². The van der Waals surface area contributed by atoms with E-state index in [0.717, 1.165) is 12.1 Å². The first-order chi connectivity index (χ1) is 16.7. The first-order valence-electron chi connectivity index (χ1n) is 11.2. The maximum Gasteiger partial charge on any atom is 0.417 e. The molecule has 1 spiro atoms. The van der Waals surface area contributed by atoms with Gasteiger partial charge < -0.3 is 10.2 Å². The van der Waals surface area contributed by atoms with Crippen molar-refractivity contribution in [1.29, 1.82) is 0 Å². The fourth-order valence-electron chi connectivity index (χ4n) is 5.71. The molecule has 4 atom stereocenters. The van der Waals surface area contributed by atoms with E-state index >= 15 is 0 Å². The fourth-order valence-corrected chi connectivity index (χ4v) is 5.71. The molecule has 7 nitrogen and oxygen atoms in total.